The van der Waals surface area contributed by atoms with Crippen LogP contribution in [0, 0.1) is 11.6 Å². The monoisotopic (exact) mass is 441 g/mol. The first-order valence-electron chi connectivity index (χ1n) is 10.4. The summed E-state index contributed by atoms with van der Waals surface area (Å²) in [7, 11) is 0. The van der Waals surface area contributed by atoms with Crippen LogP contribution in [0.4, 0.5) is 14.5 Å². The molecule has 0 aliphatic carbocycles. The summed E-state index contributed by atoms with van der Waals surface area (Å²) in [5, 5.41) is 5.12. The highest BCUT2D eigenvalue weighted by Gasteiger charge is 2.31. The minimum atomic E-state index is -0.367. The maximum Gasteiger partial charge on any atom is 0.251 e. The Labute approximate surface area is 185 Å². The molecule has 0 spiro atoms. The van der Waals surface area contributed by atoms with Crippen molar-refractivity contribution in [3.63, 3.8) is 0 Å². The van der Waals surface area contributed by atoms with E-state index in [2.05, 4.69) is 21.2 Å². The van der Waals surface area contributed by atoms with Crippen LogP contribution >= 0.6 is 11.3 Å². The number of carbonyl (C=O) groups is 1. The molecule has 1 saturated heterocycles. The number of anilines is 1. The minimum absolute atomic E-state index is 0.00664. The van der Waals surface area contributed by atoms with Gasteiger partial charge in [-0.15, -0.1) is 11.3 Å². The van der Waals surface area contributed by atoms with Crippen LogP contribution in [0.1, 0.15) is 28.2 Å². The molecule has 4 nitrogen and oxygen atoms in total. The van der Waals surface area contributed by atoms with Crippen molar-refractivity contribution in [1.29, 1.82) is 0 Å². The van der Waals surface area contributed by atoms with Crippen molar-refractivity contribution < 1.29 is 13.6 Å². The molecule has 1 aromatic heterocycles. The van der Waals surface area contributed by atoms with Gasteiger partial charge < -0.3 is 10.2 Å². The lowest BCUT2D eigenvalue weighted by Crippen LogP contribution is -2.52. The zero-order valence-electron chi connectivity index (χ0n) is 17.3. The molecule has 3 aromatic rings. The van der Waals surface area contributed by atoms with Gasteiger partial charge in [0.2, 0.25) is 0 Å². The van der Waals surface area contributed by atoms with Crippen molar-refractivity contribution in [3.8, 4) is 0 Å². The van der Waals surface area contributed by atoms with Crippen molar-refractivity contribution in [3.05, 3.63) is 88.1 Å². The van der Waals surface area contributed by atoms with Gasteiger partial charge in [0.05, 0.1) is 11.7 Å². The van der Waals surface area contributed by atoms with Crippen molar-refractivity contribution in [1.82, 2.24) is 10.2 Å². The van der Waals surface area contributed by atoms with Gasteiger partial charge in [0.15, 0.2) is 0 Å². The molecular weight excluding hydrogens is 416 g/mol. The number of benzene rings is 2. The molecule has 0 saturated carbocycles. The zero-order valence-corrected chi connectivity index (χ0v) is 18.1. The third kappa shape index (κ3) is 4.94. The lowest BCUT2D eigenvalue weighted by atomic mass is 10.0. The van der Waals surface area contributed by atoms with Gasteiger partial charge in [-0.2, -0.15) is 0 Å². The van der Waals surface area contributed by atoms with E-state index < -0.39 is 0 Å². The molecule has 4 rings (SSSR count). The second-order valence-corrected chi connectivity index (χ2v) is 8.68. The molecule has 0 radical (unpaired) electrons. The average molecular weight is 442 g/mol. The predicted molar refractivity (Wildman–Crippen MR) is 121 cm³/mol. The molecule has 162 valence electrons. The standard InChI is InChI=1S/C24H25F2N3OS/c1-17(27-24(30)18-8-10-19(25)11-9-18)23(22-7-4-16-31-22)29-14-12-28(13-15-29)21-6-3-2-5-20(21)26/h2-11,16-17,23H,12-15H2,1H3,(H,27,30)/t17-,23+/m1/s1. The van der Waals surface area contributed by atoms with E-state index in [1.807, 2.05) is 30.5 Å². The van der Waals surface area contributed by atoms with Crippen LogP contribution in [-0.4, -0.2) is 43.0 Å². The van der Waals surface area contributed by atoms with Crippen LogP contribution < -0.4 is 10.2 Å². The lowest BCUT2D eigenvalue weighted by Gasteiger charge is -2.42. The fourth-order valence-electron chi connectivity index (χ4n) is 4.12. The minimum Gasteiger partial charge on any atom is -0.367 e. The van der Waals surface area contributed by atoms with E-state index >= 15 is 0 Å². The van der Waals surface area contributed by atoms with E-state index in [9.17, 15) is 13.6 Å². The molecule has 2 heterocycles. The summed E-state index contributed by atoms with van der Waals surface area (Å²) in [6.45, 7) is 4.93. The predicted octanol–water partition coefficient (Wildman–Crippen LogP) is 4.71. The Balaban J connectivity index is 1.47. The van der Waals surface area contributed by atoms with E-state index in [0.717, 1.165) is 13.1 Å². The number of para-hydroxylation sites is 1. The van der Waals surface area contributed by atoms with Crippen molar-refractivity contribution in [2.75, 3.05) is 31.1 Å². The molecular formula is C24H25F2N3OS. The number of rotatable bonds is 6. The van der Waals surface area contributed by atoms with Gasteiger partial charge >= 0.3 is 0 Å². The van der Waals surface area contributed by atoms with Gasteiger partial charge in [-0.05, 0) is 54.8 Å². The Morgan fingerprint density at radius 1 is 0.968 bits per heavy atom. The molecule has 1 N–H and O–H groups in total. The van der Waals surface area contributed by atoms with E-state index in [-0.39, 0.29) is 29.6 Å². The number of nitrogens with zero attached hydrogens (tertiary/aromatic N) is 2. The summed E-state index contributed by atoms with van der Waals surface area (Å²) in [4.78, 5) is 18.3. The van der Waals surface area contributed by atoms with Gasteiger partial charge in [0.1, 0.15) is 11.6 Å². The highest BCUT2D eigenvalue weighted by Crippen LogP contribution is 2.30. The zero-order chi connectivity index (χ0) is 21.8. The largest absolute Gasteiger partial charge is 0.367 e. The summed E-state index contributed by atoms with van der Waals surface area (Å²) < 4.78 is 27.4. The van der Waals surface area contributed by atoms with Crippen LogP contribution in [0.3, 0.4) is 0 Å². The first-order chi connectivity index (χ1) is 15.0. The second-order valence-electron chi connectivity index (χ2n) is 7.70. The quantitative estimate of drug-likeness (QED) is 0.602. The summed E-state index contributed by atoms with van der Waals surface area (Å²) in [6.07, 6.45) is 0. The first-order valence-corrected chi connectivity index (χ1v) is 11.2. The average Bonchev–Trinajstić information content (AvgIpc) is 3.29. The smallest absolute Gasteiger partial charge is 0.251 e. The highest BCUT2D eigenvalue weighted by atomic mass is 32.1. The van der Waals surface area contributed by atoms with E-state index in [1.165, 1.54) is 35.2 Å². The number of piperazine rings is 1. The van der Waals surface area contributed by atoms with Crippen molar-refractivity contribution in [2.24, 2.45) is 0 Å². The van der Waals surface area contributed by atoms with Crippen LogP contribution in [0.2, 0.25) is 0 Å². The number of hydrogen-bond donors (Lipinski definition) is 1. The fraction of sp³-hybridized carbons (Fsp3) is 0.292. The molecule has 31 heavy (non-hydrogen) atoms. The molecule has 1 amide bonds. The van der Waals surface area contributed by atoms with Gasteiger partial charge in [0.25, 0.3) is 5.91 Å². The molecule has 1 aliphatic rings. The molecule has 1 aliphatic heterocycles. The summed E-state index contributed by atoms with van der Waals surface area (Å²) in [5.74, 6) is -0.793. The Kier molecular flexibility index (Phi) is 6.63. The van der Waals surface area contributed by atoms with Crippen molar-refractivity contribution >= 4 is 22.9 Å². The van der Waals surface area contributed by atoms with Crippen LogP contribution in [0.5, 0.6) is 0 Å². The van der Waals surface area contributed by atoms with Gasteiger partial charge in [-0.1, -0.05) is 18.2 Å². The first kappa shape index (κ1) is 21.5. The highest BCUT2D eigenvalue weighted by molar-refractivity contribution is 7.10. The maximum atomic E-state index is 14.2. The van der Waals surface area contributed by atoms with Gasteiger partial charge in [0, 0.05) is 42.7 Å². The number of carbonyl (C=O) groups excluding carboxylic acids is 1. The van der Waals surface area contributed by atoms with E-state index in [0.29, 0.717) is 24.3 Å². The van der Waals surface area contributed by atoms with Crippen LogP contribution in [0.15, 0.2) is 66.0 Å². The Bertz CT molecular complexity index is 1000. The second kappa shape index (κ2) is 9.58. The fourth-order valence-corrected chi connectivity index (χ4v) is 5.09. The molecule has 2 aromatic carbocycles. The van der Waals surface area contributed by atoms with Crippen LogP contribution in [-0.2, 0) is 0 Å². The molecule has 7 heteroatoms. The Hall–Kier alpha value is -2.77. The normalized spacial score (nSPS) is 16.7. The number of halogens is 2. The van der Waals surface area contributed by atoms with Gasteiger partial charge in [-0.25, -0.2) is 8.78 Å². The molecule has 2 atom stereocenters. The third-order valence-electron chi connectivity index (χ3n) is 5.67. The number of hydrogen-bond acceptors (Lipinski definition) is 4. The lowest BCUT2D eigenvalue weighted by molar-refractivity contribution is 0.0890. The molecule has 0 unspecified atom stereocenters. The van der Waals surface area contributed by atoms with E-state index in [4.69, 9.17) is 0 Å². The number of thiophene rings is 1. The number of nitrogens with one attached hydrogen (secondary N) is 1. The third-order valence-corrected chi connectivity index (χ3v) is 6.62. The molecule has 0 bridgehead atoms. The summed E-state index contributed by atoms with van der Waals surface area (Å²) in [6, 6.07) is 16.4. The van der Waals surface area contributed by atoms with E-state index in [1.54, 1.807) is 17.4 Å². The van der Waals surface area contributed by atoms with Crippen LogP contribution in [0.25, 0.3) is 0 Å². The Morgan fingerprint density at radius 3 is 2.32 bits per heavy atom. The van der Waals surface area contributed by atoms with Crippen molar-refractivity contribution in [2.45, 2.75) is 19.0 Å². The Morgan fingerprint density at radius 2 is 1.68 bits per heavy atom. The summed E-state index contributed by atoms with van der Waals surface area (Å²) in [5.41, 5.74) is 1.06. The maximum absolute atomic E-state index is 14.2. The van der Waals surface area contributed by atoms with Gasteiger partial charge in [-0.3, -0.25) is 9.69 Å². The molecule has 1 fully saturated rings. The summed E-state index contributed by atoms with van der Waals surface area (Å²) >= 11 is 1.66. The SMILES string of the molecule is C[C@@H](NC(=O)c1ccc(F)cc1)[C@@H](c1cccs1)N1CCN(c2ccccc2F)CC1. The topological polar surface area (TPSA) is 35.6 Å². The number of amides is 1.